The van der Waals surface area contributed by atoms with E-state index < -0.39 is 17.9 Å². The van der Waals surface area contributed by atoms with Gasteiger partial charge in [-0.15, -0.1) is 0 Å². The van der Waals surface area contributed by atoms with Crippen LogP contribution < -0.4 is 5.32 Å². The molecule has 0 aliphatic heterocycles. The van der Waals surface area contributed by atoms with Crippen LogP contribution in [0.3, 0.4) is 0 Å². The second-order valence-corrected chi connectivity index (χ2v) is 4.08. The molecule has 0 aromatic heterocycles. The zero-order chi connectivity index (χ0) is 13.7. The summed E-state index contributed by atoms with van der Waals surface area (Å²) < 4.78 is 0. The number of Topliss-reactive ketones (excluding diaryl/α,β-unsaturated/α-hetero) is 1. The molecule has 1 aromatic rings. The summed E-state index contributed by atoms with van der Waals surface area (Å²) in [4.78, 5) is 33.6. The fourth-order valence-electron chi connectivity index (χ4n) is 1.49. The molecule has 0 aliphatic carbocycles. The van der Waals surface area contributed by atoms with Crippen molar-refractivity contribution in [3.8, 4) is 0 Å². The molecule has 5 nitrogen and oxygen atoms in total. The number of carbonyl (C=O) groups is 3. The summed E-state index contributed by atoms with van der Waals surface area (Å²) in [5.74, 6) is -2.00. The number of carboxylic acids is 1. The minimum Gasteiger partial charge on any atom is -0.480 e. The van der Waals surface area contributed by atoms with Gasteiger partial charge in [0.05, 0.1) is 0 Å². The number of amides is 1. The molecule has 0 aliphatic rings. The molecule has 0 radical (unpaired) electrons. The van der Waals surface area contributed by atoms with Gasteiger partial charge in [0, 0.05) is 18.9 Å². The van der Waals surface area contributed by atoms with Crippen molar-refractivity contribution in [3.63, 3.8) is 0 Å². The van der Waals surface area contributed by atoms with Gasteiger partial charge >= 0.3 is 5.97 Å². The fourth-order valence-corrected chi connectivity index (χ4v) is 1.49. The first-order valence-corrected chi connectivity index (χ1v) is 5.50. The van der Waals surface area contributed by atoms with Crippen molar-refractivity contribution in [3.05, 3.63) is 35.4 Å². The van der Waals surface area contributed by atoms with Crippen LogP contribution in [0.15, 0.2) is 24.3 Å². The summed E-state index contributed by atoms with van der Waals surface area (Å²) in [6, 6.07) is 5.66. The number of nitrogens with one attached hydrogen (secondary N) is 1. The third-order valence-electron chi connectivity index (χ3n) is 2.44. The van der Waals surface area contributed by atoms with Gasteiger partial charge in [0.25, 0.3) is 0 Å². The van der Waals surface area contributed by atoms with Crippen LogP contribution in [0.4, 0.5) is 0 Å². The Morgan fingerprint density at radius 1 is 1.22 bits per heavy atom. The third-order valence-corrected chi connectivity index (χ3v) is 2.44. The van der Waals surface area contributed by atoms with Gasteiger partial charge in [0.15, 0.2) is 5.78 Å². The Kier molecular flexibility index (Phi) is 4.59. The quantitative estimate of drug-likeness (QED) is 0.767. The lowest BCUT2D eigenvalue weighted by atomic mass is 10.0. The van der Waals surface area contributed by atoms with Crippen molar-refractivity contribution >= 4 is 17.7 Å². The van der Waals surface area contributed by atoms with Gasteiger partial charge in [-0.1, -0.05) is 29.8 Å². The average molecular weight is 249 g/mol. The maximum atomic E-state index is 11.8. The number of rotatable bonds is 5. The van der Waals surface area contributed by atoms with E-state index in [4.69, 9.17) is 5.11 Å². The monoisotopic (exact) mass is 249 g/mol. The number of hydrogen-bond acceptors (Lipinski definition) is 3. The molecule has 0 spiro atoms. The van der Waals surface area contributed by atoms with E-state index in [0.717, 1.165) is 5.56 Å². The van der Waals surface area contributed by atoms with Crippen molar-refractivity contribution in [1.29, 1.82) is 0 Å². The van der Waals surface area contributed by atoms with Crippen molar-refractivity contribution in [1.82, 2.24) is 5.32 Å². The molecule has 1 unspecified atom stereocenters. The van der Waals surface area contributed by atoms with Gasteiger partial charge in [-0.2, -0.15) is 0 Å². The van der Waals surface area contributed by atoms with E-state index in [1.807, 2.05) is 6.92 Å². The van der Waals surface area contributed by atoms with Gasteiger partial charge in [-0.3, -0.25) is 9.59 Å². The minimum absolute atomic E-state index is 0.252. The standard InChI is InChI=1S/C13H15NO4/c1-8-3-5-10(6-4-8)12(16)7-11(13(17)18)14-9(2)15/h3-6,11H,7H2,1-2H3,(H,14,15)(H,17,18). The number of carbonyl (C=O) groups excluding carboxylic acids is 2. The molecule has 5 heteroatoms. The van der Waals surface area contributed by atoms with Gasteiger partial charge in [-0.05, 0) is 6.92 Å². The summed E-state index contributed by atoms with van der Waals surface area (Å²) in [5, 5.41) is 11.1. The smallest absolute Gasteiger partial charge is 0.326 e. The van der Waals surface area contributed by atoms with E-state index in [1.165, 1.54) is 6.92 Å². The number of ketones is 1. The Hall–Kier alpha value is -2.17. The number of benzene rings is 1. The minimum atomic E-state index is -1.22. The van der Waals surface area contributed by atoms with Crippen LogP contribution in [0.25, 0.3) is 0 Å². The van der Waals surface area contributed by atoms with Crippen molar-refractivity contribution < 1.29 is 19.5 Å². The topological polar surface area (TPSA) is 83.5 Å². The highest BCUT2D eigenvalue weighted by Gasteiger charge is 2.22. The predicted octanol–water partition coefficient (Wildman–Crippen LogP) is 1.16. The Morgan fingerprint density at radius 2 is 1.78 bits per heavy atom. The second kappa shape index (κ2) is 5.95. The lowest BCUT2D eigenvalue weighted by Gasteiger charge is -2.12. The lowest BCUT2D eigenvalue weighted by molar-refractivity contribution is -0.141. The van der Waals surface area contributed by atoms with Crippen LogP contribution in [-0.2, 0) is 9.59 Å². The van der Waals surface area contributed by atoms with E-state index in [-0.39, 0.29) is 12.2 Å². The largest absolute Gasteiger partial charge is 0.480 e. The summed E-state index contributed by atoms with van der Waals surface area (Å²) in [5.41, 5.74) is 1.46. The summed E-state index contributed by atoms with van der Waals surface area (Å²) in [6.07, 6.45) is -0.252. The molecular weight excluding hydrogens is 234 g/mol. The number of aliphatic carboxylic acids is 1. The molecular formula is C13H15NO4. The highest BCUT2D eigenvalue weighted by Crippen LogP contribution is 2.08. The molecule has 0 heterocycles. The predicted molar refractivity (Wildman–Crippen MR) is 65.4 cm³/mol. The third kappa shape index (κ3) is 4.01. The normalized spacial score (nSPS) is 11.7. The van der Waals surface area contributed by atoms with E-state index in [9.17, 15) is 14.4 Å². The van der Waals surface area contributed by atoms with Gasteiger partial charge in [0.1, 0.15) is 6.04 Å². The summed E-state index contributed by atoms with van der Waals surface area (Å²) in [6.45, 7) is 3.11. The molecule has 0 saturated carbocycles. The maximum Gasteiger partial charge on any atom is 0.326 e. The first-order chi connectivity index (χ1) is 8.40. The highest BCUT2D eigenvalue weighted by atomic mass is 16.4. The van der Waals surface area contributed by atoms with Crippen molar-refractivity contribution in [2.45, 2.75) is 26.3 Å². The SMILES string of the molecule is CC(=O)NC(CC(=O)c1ccc(C)cc1)C(=O)O. The van der Waals surface area contributed by atoms with E-state index >= 15 is 0 Å². The average Bonchev–Trinajstić information content (AvgIpc) is 2.28. The Morgan fingerprint density at radius 3 is 2.22 bits per heavy atom. The Balaban J connectivity index is 2.75. The Bertz CT molecular complexity index is 464. The van der Waals surface area contributed by atoms with Crippen LogP contribution in [0.2, 0.25) is 0 Å². The van der Waals surface area contributed by atoms with E-state index in [1.54, 1.807) is 24.3 Å². The molecule has 1 rings (SSSR count). The van der Waals surface area contributed by atoms with Gasteiger partial charge in [-0.25, -0.2) is 4.79 Å². The molecule has 18 heavy (non-hydrogen) atoms. The first-order valence-electron chi connectivity index (χ1n) is 5.50. The molecule has 0 saturated heterocycles. The fraction of sp³-hybridized carbons (Fsp3) is 0.308. The summed E-state index contributed by atoms with van der Waals surface area (Å²) in [7, 11) is 0. The van der Waals surface area contributed by atoms with E-state index in [2.05, 4.69) is 5.32 Å². The van der Waals surface area contributed by atoms with Crippen LogP contribution in [-0.4, -0.2) is 28.8 Å². The van der Waals surface area contributed by atoms with Gasteiger partial charge < -0.3 is 10.4 Å². The molecule has 2 N–H and O–H groups in total. The van der Waals surface area contributed by atoms with Gasteiger partial charge in [0.2, 0.25) is 5.91 Å². The first kappa shape index (κ1) is 13.9. The van der Waals surface area contributed by atoms with Crippen LogP contribution in [0.5, 0.6) is 0 Å². The number of hydrogen-bond donors (Lipinski definition) is 2. The molecule has 96 valence electrons. The van der Waals surface area contributed by atoms with Crippen molar-refractivity contribution in [2.24, 2.45) is 0 Å². The zero-order valence-electron chi connectivity index (χ0n) is 10.3. The van der Waals surface area contributed by atoms with Crippen LogP contribution in [0, 0.1) is 6.92 Å². The molecule has 1 amide bonds. The van der Waals surface area contributed by atoms with E-state index in [0.29, 0.717) is 5.56 Å². The zero-order valence-corrected chi connectivity index (χ0v) is 10.3. The second-order valence-electron chi connectivity index (χ2n) is 4.08. The molecule has 0 bridgehead atoms. The van der Waals surface area contributed by atoms with Crippen LogP contribution >= 0.6 is 0 Å². The molecule has 0 fully saturated rings. The van der Waals surface area contributed by atoms with Crippen LogP contribution in [0.1, 0.15) is 29.3 Å². The maximum absolute atomic E-state index is 11.8. The number of carboxylic acid groups (broad SMARTS) is 1. The summed E-state index contributed by atoms with van der Waals surface area (Å²) >= 11 is 0. The van der Waals surface area contributed by atoms with Crippen molar-refractivity contribution in [2.75, 3.05) is 0 Å². The lowest BCUT2D eigenvalue weighted by Crippen LogP contribution is -2.41. The molecule has 1 atom stereocenters. The highest BCUT2D eigenvalue weighted by molar-refractivity contribution is 5.99. The molecule has 1 aromatic carbocycles. The Labute approximate surface area is 105 Å². The number of aryl methyl sites for hydroxylation is 1.